The number of methoxy groups -OCH3 is 1. The average molecular weight is 205 g/mol. The van der Waals surface area contributed by atoms with Crippen molar-refractivity contribution in [3.8, 4) is 0 Å². The number of para-hydroxylation sites is 1. The number of esters is 1. The van der Waals surface area contributed by atoms with E-state index < -0.39 is 11.7 Å². The Morgan fingerprint density at radius 2 is 2.20 bits per heavy atom. The molecule has 1 atom stereocenters. The van der Waals surface area contributed by atoms with Gasteiger partial charge in [0.25, 0.3) is 0 Å². The van der Waals surface area contributed by atoms with Crippen LogP contribution in [-0.2, 0) is 14.4 Å². The molecule has 5 heteroatoms. The molecule has 2 aliphatic rings. The van der Waals surface area contributed by atoms with Crippen molar-refractivity contribution in [2.75, 3.05) is 12.2 Å². The van der Waals surface area contributed by atoms with Gasteiger partial charge < -0.3 is 4.74 Å². The maximum absolute atomic E-state index is 11.9. The molecule has 76 valence electrons. The third kappa shape index (κ3) is 0.771. The molecule has 2 heterocycles. The Bertz CT molecular complexity index is 484. The van der Waals surface area contributed by atoms with Crippen LogP contribution < -0.4 is 5.06 Å². The number of ether oxygens (including phenoxy) is 1. The van der Waals surface area contributed by atoms with Gasteiger partial charge in [-0.1, -0.05) is 12.1 Å². The molecule has 0 radical (unpaired) electrons. The zero-order valence-electron chi connectivity index (χ0n) is 7.89. The SMILES string of the molecule is COC(=O)C12ON1c1ccccc1C2=O. The smallest absolute Gasteiger partial charge is 0.373 e. The fraction of sp³-hybridized carbons (Fsp3) is 0.200. The van der Waals surface area contributed by atoms with Crippen molar-refractivity contribution < 1.29 is 19.2 Å². The van der Waals surface area contributed by atoms with E-state index in [2.05, 4.69) is 4.74 Å². The minimum atomic E-state index is -1.53. The molecule has 1 saturated heterocycles. The number of hydrogen-bond donors (Lipinski definition) is 0. The molecule has 0 aliphatic carbocycles. The van der Waals surface area contributed by atoms with Gasteiger partial charge in [-0.25, -0.2) is 9.63 Å². The predicted octanol–water partition coefficient (Wildman–Crippen LogP) is 0.504. The highest BCUT2D eigenvalue weighted by Gasteiger charge is 2.74. The van der Waals surface area contributed by atoms with Crippen molar-refractivity contribution in [3.63, 3.8) is 0 Å². The van der Waals surface area contributed by atoms with Crippen molar-refractivity contribution in [2.24, 2.45) is 0 Å². The normalized spacial score (nSPS) is 25.9. The Morgan fingerprint density at radius 1 is 1.47 bits per heavy atom. The molecular weight excluding hydrogens is 198 g/mol. The lowest BCUT2D eigenvalue weighted by Crippen LogP contribution is -2.35. The Labute approximate surface area is 85.1 Å². The summed E-state index contributed by atoms with van der Waals surface area (Å²) in [5, 5.41) is 1.29. The summed E-state index contributed by atoms with van der Waals surface area (Å²) >= 11 is 0. The molecule has 0 bridgehead atoms. The molecule has 1 fully saturated rings. The van der Waals surface area contributed by atoms with E-state index in [1.54, 1.807) is 24.3 Å². The largest absolute Gasteiger partial charge is 0.465 e. The number of carbonyl (C=O) groups excluding carboxylic acids is 2. The van der Waals surface area contributed by atoms with Crippen LogP contribution in [0, 0.1) is 0 Å². The summed E-state index contributed by atoms with van der Waals surface area (Å²) in [6.45, 7) is 0. The van der Waals surface area contributed by atoms with Crippen LogP contribution in [0.4, 0.5) is 5.69 Å². The fourth-order valence-corrected chi connectivity index (χ4v) is 1.84. The van der Waals surface area contributed by atoms with Crippen molar-refractivity contribution in [1.82, 2.24) is 0 Å². The van der Waals surface area contributed by atoms with Gasteiger partial charge in [0.1, 0.15) is 0 Å². The van der Waals surface area contributed by atoms with Crippen LogP contribution in [0.5, 0.6) is 0 Å². The first-order valence-corrected chi connectivity index (χ1v) is 4.43. The number of hydroxylamine groups is 1. The molecular formula is C10H7NO4. The third-order valence-electron chi connectivity index (χ3n) is 2.61. The van der Waals surface area contributed by atoms with Crippen LogP contribution in [0.25, 0.3) is 0 Å². The first-order valence-electron chi connectivity index (χ1n) is 4.43. The Hall–Kier alpha value is -1.88. The quantitative estimate of drug-likeness (QED) is 0.379. The van der Waals surface area contributed by atoms with Gasteiger partial charge >= 0.3 is 11.7 Å². The number of benzene rings is 1. The number of rotatable bonds is 1. The molecule has 1 aromatic rings. The van der Waals surface area contributed by atoms with Crippen molar-refractivity contribution in [2.45, 2.75) is 5.72 Å². The number of nitrogens with zero attached hydrogens (tertiary/aromatic N) is 1. The lowest BCUT2D eigenvalue weighted by Gasteiger charge is -2.00. The topological polar surface area (TPSA) is 58.9 Å². The molecule has 0 spiro atoms. The molecule has 0 N–H and O–H groups in total. The molecule has 1 aromatic carbocycles. The van der Waals surface area contributed by atoms with E-state index in [1.165, 1.54) is 12.2 Å². The van der Waals surface area contributed by atoms with Gasteiger partial charge in [-0.3, -0.25) is 4.79 Å². The maximum atomic E-state index is 11.9. The average Bonchev–Trinajstić information content (AvgIpc) is 2.98. The molecule has 1 unspecified atom stereocenters. The van der Waals surface area contributed by atoms with E-state index in [0.717, 1.165) is 0 Å². The van der Waals surface area contributed by atoms with Crippen molar-refractivity contribution in [1.29, 1.82) is 0 Å². The first kappa shape index (κ1) is 8.43. The van der Waals surface area contributed by atoms with E-state index in [-0.39, 0.29) is 5.78 Å². The van der Waals surface area contributed by atoms with Crippen LogP contribution >= 0.6 is 0 Å². The van der Waals surface area contributed by atoms with Crippen molar-refractivity contribution >= 4 is 17.4 Å². The molecule has 5 nitrogen and oxygen atoms in total. The summed E-state index contributed by atoms with van der Waals surface area (Å²) in [6, 6.07) is 6.91. The Morgan fingerprint density at radius 3 is 2.87 bits per heavy atom. The second-order valence-electron chi connectivity index (χ2n) is 3.37. The monoisotopic (exact) mass is 205 g/mol. The van der Waals surface area contributed by atoms with Crippen LogP contribution in [0.2, 0.25) is 0 Å². The first-order chi connectivity index (χ1) is 7.21. The van der Waals surface area contributed by atoms with Gasteiger partial charge in [0, 0.05) is 5.56 Å². The number of hydrogen-bond acceptors (Lipinski definition) is 5. The summed E-state index contributed by atoms with van der Waals surface area (Å²) in [5.41, 5.74) is -0.416. The van der Waals surface area contributed by atoms with Crippen LogP contribution in [0.15, 0.2) is 24.3 Å². The lowest BCUT2D eigenvalue weighted by atomic mass is 10.1. The predicted molar refractivity (Wildman–Crippen MR) is 49.1 cm³/mol. The van der Waals surface area contributed by atoms with Crippen LogP contribution in [0.1, 0.15) is 10.4 Å². The number of anilines is 1. The molecule has 0 aromatic heterocycles. The molecule has 3 rings (SSSR count). The number of carbonyl (C=O) groups is 2. The highest BCUT2D eigenvalue weighted by Crippen LogP contribution is 2.51. The second kappa shape index (κ2) is 2.38. The minimum Gasteiger partial charge on any atom is -0.465 e. The van der Waals surface area contributed by atoms with E-state index in [1.807, 2.05) is 0 Å². The van der Waals surface area contributed by atoms with E-state index in [4.69, 9.17) is 4.84 Å². The Kier molecular flexibility index (Phi) is 1.33. The van der Waals surface area contributed by atoms with E-state index in [0.29, 0.717) is 11.3 Å². The zero-order chi connectivity index (χ0) is 10.6. The molecule has 2 aliphatic heterocycles. The summed E-state index contributed by atoms with van der Waals surface area (Å²) < 4.78 is 4.55. The maximum Gasteiger partial charge on any atom is 0.373 e. The Balaban J connectivity index is 2.12. The van der Waals surface area contributed by atoms with E-state index >= 15 is 0 Å². The number of fused-ring (bicyclic) bond motifs is 3. The van der Waals surface area contributed by atoms with Gasteiger partial charge in [0.2, 0.25) is 5.78 Å². The summed E-state index contributed by atoms with van der Waals surface area (Å²) in [7, 11) is 1.23. The summed E-state index contributed by atoms with van der Waals surface area (Å²) in [4.78, 5) is 28.4. The fourth-order valence-electron chi connectivity index (χ4n) is 1.84. The van der Waals surface area contributed by atoms with Gasteiger partial charge in [0.05, 0.1) is 12.8 Å². The standard InChI is InChI=1S/C10H7NO4/c1-14-9(13)10-8(12)6-4-2-3-5-7(6)11(10)15-10/h2-5H,1H3. The van der Waals surface area contributed by atoms with Crippen molar-refractivity contribution in [3.05, 3.63) is 29.8 Å². The highest BCUT2D eigenvalue weighted by molar-refractivity contribution is 6.26. The lowest BCUT2D eigenvalue weighted by molar-refractivity contribution is -0.144. The summed E-state index contributed by atoms with van der Waals surface area (Å²) in [6.07, 6.45) is 0. The zero-order valence-corrected chi connectivity index (χ0v) is 7.89. The number of Topliss-reactive ketones (excluding diaryl/α,β-unsaturated/α-hetero) is 1. The number of ketones is 1. The van der Waals surface area contributed by atoms with Crippen LogP contribution in [-0.4, -0.2) is 24.6 Å². The molecule has 0 amide bonds. The van der Waals surface area contributed by atoms with Gasteiger partial charge in [0.15, 0.2) is 0 Å². The summed E-state index contributed by atoms with van der Waals surface area (Å²) in [5.74, 6) is -1.03. The van der Waals surface area contributed by atoms with Gasteiger partial charge in [-0.15, -0.1) is 0 Å². The van der Waals surface area contributed by atoms with Crippen LogP contribution in [0.3, 0.4) is 0 Å². The van der Waals surface area contributed by atoms with Gasteiger partial charge in [-0.2, -0.15) is 5.06 Å². The van der Waals surface area contributed by atoms with Gasteiger partial charge in [-0.05, 0) is 12.1 Å². The highest BCUT2D eigenvalue weighted by atomic mass is 16.9. The van der Waals surface area contributed by atoms with E-state index in [9.17, 15) is 9.59 Å². The third-order valence-corrected chi connectivity index (χ3v) is 2.61. The molecule has 0 saturated carbocycles. The molecule has 15 heavy (non-hydrogen) atoms. The second-order valence-corrected chi connectivity index (χ2v) is 3.37. The minimum absolute atomic E-state index is 0.357.